The third-order valence-electron chi connectivity index (χ3n) is 2.27. The van der Waals surface area contributed by atoms with Gasteiger partial charge in [-0.05, 0) is 24.3 Å². The highest BCUT2D eigenvalue weighted by Crippen LogP contribution is 2.07. The zero-order chi connectivity index (χ0) is 12.8. The topological polar surface area (TPSA) is 62.5 Å². The molecule has 0 unspecified atom stereocenters. The fourth-order valence-electron chi connectivity index (χ4n) is 1.44. The summed E-state index contributed by atoms with van der Waals surface area (Å²) in [6.45, 7) is 0.982. The Morgan fingerprint density at radius 2 is 2.28 bits per heavy atom. The summed E-state index contributed by atoms with van der Waals surface area (Å²) in [7, 11) is 0. The van der Waals surface area contributed by atoms with Crippen LogP contribution in [-0.4, -0.2) is 44.4 Å². The SMILES string of the molecule is OCCCSCCNc1nc2ccc(F)cn2n1. The van der Waals surface area contributed by atoms with Gasteiger partial charge in [0.05, 0.1) is 6.20 Å². The summed E-state index contributed by atoms with van der Waals surface area (Å²) in [6, 6.07) is 2.95. The van der Waals surface area contributed by atoms with Gasteiger partial charge in [0.1, 0.15) is 5.82 Å². The third-order valence-corrected chi connectivity index (χ3v) is 3.34. The monoisotopic (exact) mass is 270 g/mol. The summed E-state index contributed by atoms with van der Waals surface area (Å²) in [6.07, 6.45) is 2.11. The van der Waals surface area contributed by atoms with Crippen molar-refractivity contribution < 1.29 is 9.50 Å². The first-order chi connectivity index (χ1) is 8.79. The van der Waals surface area contributed by atoms with E-state index in [0.717, 1.165) is 24.5 Å². The van der Waals surface area contributed by atoms with Crippen molar-refractivity contribution in [1.82, 2.24) is 14.6 Å². The highest BCUT2D eigenvalue weighted by Gasteiger charge is 2.03. The first-order valence-corrected chi connectivity index (χ1v) is 6.89. The summed E-state index contributed by atoms with van der Waals surface area (Å²) in [5.74, 6) is 2.04. The van der Waals surface area contributed by atoms with Crippen molar-refractivity contribution in [2.75, 3.05) is 30.0 Å². The number of aromatic nitrogens is 3. The summed E-state index contributed by atoms with van der Waals surface area (Å²) in [5, 5.41) is 15.8. The van der Waals surface area contributed by atoms with Crippen LogP contribution in [0.5, 0.6) is 0 Å². The number of thioether (sulfide) groups is 1. The lowest BCUT2D eigenvalue weighted by Crippen LogP contribution is -2.06. The fraction of sp³-hybridized carbons (Fsp3) is 0.455. The Balaban J connectivity index is 1.81. The standard InChI is InChI=1S/C11H15FN4OS/c12-9-2-3-10-14-11(15-16(10)8-9)13-4-7-18-6-1-5-17/h2-3,8,17H,1,4-7H2,(H,13,15). The van der Waals surface area contributed by atoms with Crippen LogP contribution in [0.15, 0.2) is 18.3 Å². The third kappa shape index (κ3) is 3.58. The second-order valence-electron chi connectivity index (χ2n) is 3.70. The minimum absolute atomic E-state index is 0.236. The van der Waals surface area contributed by atoms with E-state index in [-0.39, 0.29) is 12.4 Å². The Morgan fingerprint density at radius 3 is 3.11 bits per heavy atom. The van der Waals surface area contributed by atoms with Crippen LogP contribution >= 0.6 is 11.8 Å². The van der Waals surface area contributed by atoms with Gasteiger partial charge in [0.15, 0.2) is 5.65 Å². The molecule has 0 saturated carbocycles. The van der Waals surface area contributed by atoms with Gasteiger partial charge in [0, 0.05) is 18.9 Å². The van der Waals surface area contributed by atoms with Crippen LogP contribution < -0.4 is 5.32 Å². The van der Waals surface area contributed by atoms with Crippen molar-refractivity contribution in [1.29, 1.82) is 0 Å². The van der Waals surface area contributed by atoms with Gasteiger partial charge in [-0.3, -0.25) is 0 Å². The molecule has 2 rings (SSSR count). The predicted octanol–water partition coefficient (Wildman–Crippen LogP) is 1.40. The molecule has 0 aromatic carbocycles. The molecule has 18 heavy (non-hydrogen) atoms. The Morgan fingerprint density at radius 1 is 1.39 bits per heavy atom. The quantitative estimate of drug-likeness (QED) is 0.745. The van der Waals surface area contributed by atoms with Gasteiger partial charge in [-0.25, -0.2) is 8.91 Å². The molecule has 2 aromatic rings. The van der Waals surface area contributed by atoms with Crippen molar-refractivity contribution in [2.45, 2.75) is 6.42 Å². The maximum Gasteiger partial charge on any atom is 0.243 e. The molecule has 5 nitrogen and oxygen atoms in total. The maximum absolute atomic E-state index is 12.9. The Hall–Kier alpha value is -1.34. The zero-order valence-corrected chi connectivity index (χ0v) is 10.7. The van der Waals surface area contributed by atoms with Gasteiger partial charge >= 0.3 is 0 Å². The lowest BCUT2D eigenvalue weighted by atomic mass is 10.5. The molecule has 0 amide bonds. The van der Waals surface area contributed by atoms with Crippen LogP contribution in [0.4, 0.5) is 10.3 Å². The summed E-state index contributed by atoms with van der Waals surface area (Å²) in [4.78, 5) is 4.21. The van der Waals surface area contributed by atoms with Crippen molar-refractivity contribution in [3.05, 3.63) is 24.1 Å². The first kappa shape index (κ1) is 13.1. The molecule has 0 aliphatic heterocycles. The number of hydrogen-bond acceptors (Lipinski definition) is 5. The van der Waals surface area contributed by atoms with E-state index in [4.69, 9.17) is 5.11 Å². The van der Waals surface area contributed by atoms with E-state index in [1.54, 1.807) is 17.8 Å². The number of aliphatic hydroxyl groups excluding tert-OH is 1. The van der Waals surface area contributed by atoms with Crippen LogP contribution in [0, 0.1) is 5.82 Å². The van der Waals surface area contributed by atoms with Crippen molar-refractivity contribution >= 4 is 23.4 Å². The smallest absolute Gasteiger partial charge is 0.243 e. The number of rotatable bonds is 7. The summed E-state index contributed by atoms with van der Waals surface area (Å²) < 4.78 is 14.4. The number of nitrogens with zero attached hydrogens (tertiary/aromatic N) is 3. The van der Waals surface area contributed by atoms with Crippen molar-refractivity contribution in [3.8, 4) is 0 Å². The molecule has 0 aliphatic carbocycles. The molecular weight excluding hydrogens is 255 g/mol. The van der Waals surface area contributed by atoms with Crippen LogP contribution in [0.1, 0.15) is 6.42 Å². The lowest BCUT2D eigenvalue weighted by molar-refractivity contribution is 0.296. The largest absolute Gasteiger partial charge is 0.396 e. The number of halogens is 1. The minimum atomic E-state index is -0.335. The molecule has 0 aliphatic rings. The van der Waals surface area contributed by atoms with Gasteiger partial charge in [-0.1, -0.05) is 0 Å². The average molecular weight is 270 g/mol. The molecule has 2 N–H and O–H groups in total. The molecule has 0 atom stereocenters. The molecule has 98 valence electrons. The van der Waals surface area contributed by atoms with Crippen LogP contribution in [0.3, 0.4) is 0 Å². The lowest BCUT2D eigenvalue weighted by Gasteiger charge is -2.00. The van der Waals surface area contributed by atoms with E-state index in [0.29, 0.717) is 11.6 Å². The second kappa shape index (κ2) is 6.55. The van der Waals surface area contributed by atoms with Gasteiger partial charge in [-0.15, -0.1) is 5.10 Å². The molecule has 0 bridgehead atoms. The number of pyridine rings is 1. The van der Waals surface area contributed by atoms with Crippen LogP contribution in [0.2, 0.25) is 0 Å². The number of anilines is 1. The summed E-state index contributed by atoms with van der Waals surface area (Å²) in [5.41, 5.74) is 0.617. The van der Waals surface area contributed by atoms with Gasteiger partial charge in [0.25, 0.3) is 0 Å². The van der Waals surface area contributed by atoms with E-state index < -0.39 is 0 Å². The van der Waals surface area contributed by atoms with E-state index >= 15 is 0 Å². The molecule has 0 saturated heterocycles. The van der Waals surface area contributed by atoms with Crippen LogP contribution in [-0.2, 0) is 0 Å². The Labute approximate surface area is 108 Å². The first-order valence-electron chi connectivity index (χ1n) is 5.74. The maximum atomic E-state index is 12.9. The highest BCUT2D eigenvalue weighted by molar-refractivity contribution is 7.99. The number of fused-ring (bicyclic) bond motifs is 1. The predicted molar refractivity (Wildman–Crippen MR) is 70.5 cm³/mol. The number of aliphatic hydroxyl groups is 1. The fourth-order valence-corrected chi connectivity index (χ4v) is 2.22. The number of hydrogen-bond donors (Lipinski definition) is 2. The van der Waals surface area contributed by atoms with Gasteiger partial charge in [0.2, 0.25) is 5.95 Å². The molecule has 7 heteroatoms. The van der Waals surface area contributed by atoms with Crippen molar-refractivity contribution in [3.63, 3.8) is 0 Å². The molecule has 0 spiro atoms. The minimum Gasteiger partial charge on any atom is -0.396 e. The van der Waals surface area contributed by atoms with E-state index in [2.05, 4.69) is 15.4 Å². The number of nitrogens with one attached hydrogen (secondary N) is 1. The normalized spacial score (nSPS) is 11.0. The molecule has 0 radical (unpaired) electrons. The molecule has 2 aromatic heterocycles. The molecule has 0 fully saturated rings. The Bertz CT molecular complexity index is 505. The van der Waals surface area contributed by atoms with E-state index in [9.17, 15) is 4.39 Å². The van der Waals surface area contributed by atoms with Gasteiger partial charge in [-0.2, -0.15) is 16.7 Å². The zero-order valence-electron chi connectivity index (χ0n) is 9.84. The molecular formula is C11H15FN4OS. The average Bonchev–Trinajstić information content (AvgIpc) is 2.75. The van der Waals surface area contributed by atoms with Crippen LogP contribution in [0.25, 0.3) is 5.65 Å². The Kier molecular flexibility index (Phi) is 4.77. The van der Waals surface area contributed by atoms with E-state index in [1.807, 2.05) is 0 Å². The van der Waals surface area contributed by atoms with Gasteiger partial charge < -0.3 is 10.4 Å². The summed E-state index contributed by atoms with van der Waals surface area (Å²) >= 11 is 1.76. The molecule has 2 heterocycles. The highest BCUT2D eigenvalue weighted by atomic mass is 32.2. The van der Waals surface area contributed by atoms with E-state index in [1.165, 1.54) is 16.8 Å². The second-order valence-corrected chi connectivity index (χ2v) is 4.93. The van der Waals surface area contributed by atoms with Crippen molar-refractivity contribution in [2.24, 2.45) is 0 Å².